The smallest absolute Gasteiger partial charge is 0.222 e. The fourth-order valence-electron chi connectivity index (χ4n) is 4.47. The van der Waals surface area contributed by atoms with E-state index in [0.29, 0.717) is 6.54 Å². The number of aromatic nitrogens is 3. The number of carbonyl (C=O) groups is 1. The Bertz CT molecular complexity index is 890. The molecule has 0 atom stereocenters. The number of fused-ring (bicyclic) bond motifs is 2. The van der Waals surface area contributed by atoms with Gasteiger partial charge in [0.05, 0.1) is 0 Å². The van der Waals surface area contributed by atoms with E-state index in [1.165, 1.54) is 29.7 Å². The second kappa shape index (κ2) is 9.16. The van der Waals surface area contributed by atoms with Crippen LogP contribution in [-0.4, -0.2) is 58.8 Å². The summed E-state index contributed by atoms with van der Waals surface area (Å²) in [7, 11) is 2.19. The second-order valence-electron chi connectivity index (χ2n) is 8.89. The molecule has 2 aliphatic rings. The molecule has 1 aromatic carbocycles. The van der Waals surface area contributed by atoms with Crippen molar-refractivity contribution in [3.63, 3.8) is 0 Å². The number of hydrogen-bond donors (Lipinski definition) is 1. The van der Waals surface area contributed by atoms with Gasteiger partial charge in [-0.3, -0.25) is 9.69 Å². The van der Waals surface area contributed by atoms with E-state index < -0.39 is 0 Å². The number of hydrogen-bond acceptors (Lipinski definition) is 5. The minimum atomic E-state index is 0.0121. The molecular formula is C23H34N6O. The Balaban J connectivity index is 1.35. The number of aryl methyl sites for hydroxylation is 1. The minimum Gasteiger partial charge on any atom is -0.374 e. The lowest BCUT2D eigenvalue weighted by Gasteiger charge is -2.28. The molecule has 0 unspecified atom stereocenters. The van der Waals surface area contributed by atoms with Crippen LogP contribution in [-0.2, 0) is 37.1 Å². The van der Waals surface area contributed by atoms with Gasteiger partial charge in [-0.25, -0.2) is 0 Å². The van der Waals surface area contributed by atoms with Crippen molar-refractivity contribution < 1.29 is 4.79 Å². The lowest BCUT2D eigenvalue weighted by Crippen LogP contribution is -2.30. The molecule has 0 saturated heterocycles. The Morgan fingerprint density at radius 1 is 1.13 bits per heavy atom. The summed E-state index contributed by atoms with van der Waals surface area (Å²) in [6.45, 7) is 9.47. The van der Waals surface area contributed by atoms with Crippen molar-refractivity contribution in [3.05, 3.63) is 41.0 Å². The first-order chi connectivity index (χ1) is 14.5. The van der Waals surface area contributed by atoms with Gasteiger partial charge in [0.15, 0.2) is 0 Å². The van der Waals surface area contributed by atoms with Crippen molar-refractivity contribution in [1.29, 1.82) is 0 Å². The topological polar surface area (TPSA) is 66.3 Å². The summed E-state index contributed by atoms with van der Waals surface area (Å²) in [5, 5.41) is 11.8. The maximum absolute atomic E-state index is 11.8. The van der Waals surface area contributed by atoms with Crippen molar-refractivity contribution in [2.24, 2.45) is 5.92 Å². The number of nitrogens with one attached hydrogen (secondary N) is 1. The number of rotatable bonds is 6. The molecule has 0 saturated carbocycles. The van der Waals surface area contributed by atoms with Crippen molar-refractivity contribution in [1.82, 2.24) is 25.0 Å². The molecule has 162 valence electrons. The van der Waals surface area contributed by atoms with Gasteiger partial charge in [0.25, 0.3) is 0 Å². The number of nitrogens with zero attached hydrogens (tertiary/aromatic N) is 5. The van der Waals surface area contributed by atoms with E-state index in [1.807, 2.05) is 13.8 Å². The maximum atomic E-state index is 11.8. The fraction of sp³-hybridized carbons (Fsp3) is 0.609. The van der Waals surface area contributed by atoms with Crippen LogP contribution in [0.5, 0.6) is 0 Å². The summed E-state index contributed by atoms with van der Waals surface area (Å²) in [6.07, 6.45) is 4.07. The van der Waals surface area contributed by atoms with Crippen molar-refractivity contribution in [3.8, 4) is 0 Å². The molecule has 7 nitrogen and oxygen atoms in total. The Kier molecular flexibility index (Phi) is 6.37. The molecule has 1 amide bonds. The second-order valence-corrected chi connectivity index (χ2v) is 8.89. The van der Waals surface area contributed by atoms with Crippen molar-refractivity contribution >= 4 is 11.6 Å². The van der Waals surface area contributed by atoms with E-state index in [9.17, 15) is 4.79 Å². The van der Waals surface area contributed by atoms with Crippen LogP contribution in [0.15, 0.2) is 18.2 Å². The van der Waals surface area contributed by atoms with E-state index in [1.54, 1.807) is 0 Å². The van der Waals surface area contributed by atoms with Gasteiger partial charge < -0.3 is 14.8 Å². The number of anilines is 1. The molecule has 0 spiro atoms. The Labute approximate surface area is 179 Å². The number of amides is 1. The fourth-order valence-corrected chi connectivity index (χ4v) is 4.47. The van der Waals surface area contributed by atoms with Crippen LogP contribution in [0.1, 0.15) is 43.0 Å². The van der Waals surface area contributed by atoms with E-state index in [2.05, 4.69) is 55.1 Å². The largest absolute Gasteiger partial charge is 0.374 e. The summed E-state index contributed by atoms with van der Waals surface area (Å²) in [6, 6.07) is 6.98. The highest BCUT2D eigenvalue weighted by Gasteiger charge is 2.20. The highest BCUT2D eigenvalue weighted by atomic mass is 16.1. The van der Waals surface area contributed by atoms with Gasteiger partial charge in [0.2, 0.25) is 5.91 Å². The van der Waals surface area contributed by atoms with Crippen molar-refractivity contribution in [2.45, 2.75) is 52.6 Å². The van der Waals surface area contributed by atoms with Crippen molar-refractivity contribution in [2.75, 3.05) is 38.1 Å². The zero-order valence-electron chi connectivity index (χ0n) is 18.5. The summed E-state index contributed by atoms with van der Waals surface area (Å²) >= 11 is 0. The average Bonchev–Trinajstić information content (AvgIpc) is 3.00. The van der Waals surface area contributed by atoms with E-state index in [-0.39, 0.29) is 11.8 Å². The van der Waals surface area contributed by atoms with Gasteiger partial charge in [-0.05, 0) is 30.0 Å². The van der Waals surface area contributed by atoms with Crippen LogP contribution >= 0.6 is 0 Å². The zero-order valence-corrected chi connectivity index (χ0v) is 18.5. The monoisotopic (exact) mass is 410 g/mol. The summed E-state index contributed by atoms with van der Waals surface area (Å²) < 4.78 is 2.25. The predicted octanol–water partition coefficient (Wildman–Crippen LogP) is 2.03. The molecule has 0 aliphatic carbocycles. The van der Waals surface area contributed by atoms with Crippen LogP contribution in [0, 0.1) is 5.92 Å². The van der Waals surface area contributed by atoms with E-state index in [4.69, 9.17) is 0 Å². The van der Waals surface area contributed by atoms with E-state index in [0.717, 1.165) is 57.2 Å². The third-order valence-corrected chi connectivity index (χ3v) is 6.27. The molecule has 0 radical (unpaired) electrons. The Morgan fingerprint density at radius 3 is 2.83 bits per heavy atom. The molecule has 2 aliphatic heterocycles. The summed E-state index contributed by atoms with van der Waals surface area (Å²) in [4.78, 5) is 16.7. The highest BCUT2D eigenvalue weighted by molar-refractivity contribution is 5.77. The Hall–Kier alpha value is -2.41. The van der Waals surface area contributed by atoms with Gasteiger partial charge in [-0.2, -0.15) is 0 Å². The van der Waals surface area contributed by atoms with Gasteiger partial charge in [0.1, 0.15) is 11.6 Å². The minimum absolute atomic E-state index is 0.0121. The first-order valence-electron chi connectivity index (χ1n) is 11.2. The highest BCUT2D eigenvalue weighted by Crippen LogP contribution is 2.27. The molecule has 1 aromatic heterocycles. The number of carbonyl (C=O) groups excluding carboxylic acids is 1. The first kappa shape index (κ1) is 20.8. The standard InChI is InChI=1S/C23H34N6O/c1-17(2)23(30)24-10-8-21-25-26-22-9-12-28(13-14-29(21)22)16-18-6-7-20-19(15-18)5-4-11-27(20)3/h6-7,15,17H,4-5,8-14,16H2,1-3H3,(H,24,30). The van der Waals surface area contributed by atoms with Gasteiger partial charge >= 0.3 is 0 Å². The van der Waals surface area contributed by atoms with E-state index >= 15 is 0 Å². The number of benzene rings is 1. The maximum Gasteiger partial charge on any atom is 0.222 e. The van der Waals surface area contributed by atoms with Crippen LogP contribution in [0.3, 0.4) is 0 Å². The third kappa shape index (κ3) is 4.67. The summed E-state index contributed by atoms with van der Waals surface area (Å²) in [5.74, 6) is 2.15. The van der Waals surface area contributed by atoms with Gasteiger partial charge in [-0.1, -0.05) is 26.0 Å². The molecule has 0 fully saturated rings. The normalized spacial score (nSPS) is 16.9. The third-order valence-electron chi connectivity index (χ3n) is 6.27. The summed E-state index contributed by atoms with van der Waals surface area (Å²) in [5.41, 5.74) is 4.28. The lowest BCUT2D eigenvalue weighted by atomic mass is 9.99. The lowest BCUT2D eigenvalue weighted by molar-refractivity contribution is -0.123. The van der Waals surface area contributed by atoms with Crippen LogP contribution in [0.25, 0.3) is 0 Å². The van der Waals surface area contributed by atoms with Crippen LogP contribution < -0.4 is 10.2 Å². The molecular weight excluding hydrogens is 376 g/mol. The molecule has 7 heteroatoms. The molecule has 30 heavy (non-hydrogen) atoms. The van der Waals surface area contributed by atoms with Crippen LogP contribution in [0.2, 0.25) is 0 Å². The first-order valence-corrected chi connectivity index (χ1v) is 11.2. The Morgan fingerprint density at radius 2 is 2.00 bits per heavy atom. The molecule has 1 N–H and O–H groups in total. The quantitative estimate of drug-likeness (QED) is 0.789. The van der Waals surface area contributed by atoms with Crippen LogP contribution in [0.4, 0.5) is 5.69 Å². The van der Waals surface area contributed by atoms with Gasteiger partial charge in [-0.15, -0.1) is 10.2 Å². The molecule has 2 aromatic rings. The SMILES string of the molecule is CC(C)C(=O)NCCc1nnc2n1CCN(Cc1ccc3c(c1)CCCN3C)CC2. The predicted molar refractivity (Wildman–Crippen MR) is 119 cm³/mol. The van der Waals surface area contributed by atoms with Gasteiger partial charge in [0, 0.05) is 70.8 Å². The molecule has 4 rings (SSSR count). The molecule has 3 heterocycles. The average molecular weight is 411 g/mol. The molecule has 0 bridgehead atoms. The zero-order chi connectivity index (χ0) is 21.1.